The van der Waals surface area contributed by atoms with Gasteiger partial charge in [0.1, 0.15) is 0 Å². The van der Waals surface area contributed by atoms with Gasteiger partial charge in [-0.05, 0) is 82.0 Å². The Morgan fingerprint density at radius 3 is 1.73 bits per heavy atom. The van der Waals surface area contributed by atoms with Gasteiger partial charge < -0.3 is 14.2 Å². The predicted molar refractivity (Wildman–Crippen MR) is 88.0 cm³/mol. The summed E-state index contributed by atoms with van der Waals surface area (Å²) in [5, 5.41) is 0. The van der Waals surface area contributed by atoms with Gasteiger partial charge in [-0.25, -0.2) is 0 Å². The molecule has 0 aromatic heterocycles. The van der Waals surface area contributed by atoms with Crippen molar-refractivity contribution in [2.45, 2.75) is 82.5 Å². The van der Waals surface area contributed by atoms with Crippen molar-refractivity contribution in [2.24, 2.45) is 17.8 Å². The van der Waals surface area contributed by atoms with Crippen LogP contribution in [0.3, 0.4) is 0 Å². The number of hydrogen-bond acceptors (Lipinski definition) is 3. The van der Waals surface area contributed by atoms with E-state index in [0.29, 0.717) is 18.3 Å². The molecular formula is C19H34O3. The maximum Gasteiger partial charge on any atom is 0.0606 e. The Kier molecular flexibility index (Phi) is 6.17. The minimum atomic E-state index is 0.500. The molecule has 0 aromatic carbocycles. The number of rotatable bonds is 4. The quantitative estimate of drug-likeness (QED) is 0.779. The van der Waals surface area contributed by atoms with E-state index in [0.717, 1.165) is 24.4 Å². The first kappa shape index (κ1) is 16.7. The number of hydrogen-bond donors (Lipinski definition) is 0. The lowest BCUT2D eigenvalue weighted by molar-refractivity contribution is -0.0763. The molecule has 3 rings (SSSR count). The van der Waals surface area contributed by atoms with Crippen molar-refractivity contribution < 1.29 is 14.2 Å². The van der Waals surface area contributed by atoms with E-state index < -0.39 is 0 Å². The second-order valence-corrected chi connectivity index (χ2v) is 7.74. The molecule has 0 N–H and O–H groups in total. The summed E-state index contributed by atoms with van der Waals surface area (Å²) in [5.41, 5.74) is 0. The van der Waals surface area contributed by atoms with Gasteiger partial charge in [0.2, 0.25) is 0 Å². The Morgan fingerprint density at radius 2 is 1.18 bits per heavy atom. The minimum absolute atomic E-state index is 0.500. The summed E-state index contributed by atoms with van der Waals surface area (Å²) in [6.07, 6.45) is 14.5. The topological polar surface area (TPSA) is 27.7 Å². The Balaban J connectivity index is 1.47. The molecule has 2 atom stereocenters. The summed E-state index contributed by atoms with van der Waals surface area (Å²) in [5.74, 6) is 2.61. The van der Waals surface area contributed by atoms with Gasteiger partial charge in [-0.2, -0.15) is 0 Å². The van der Waals surface area contributed by atoms with E-state index in [1.54, 1.807) is 0 Å². The molecule has 1 aliphatic heterocycles. The van der Waals surface area contributed by atoms with Crippen LogP contribution in [0.2, 0.25) is 0 Å². The molecule has 3 aliphatic rings. The summed E-state index contributed by atoms with van der Waals surface area (Å²) >= 11 is 0. The number of ether oxygens (including phenoxy) is 3. The molecule has 0 radical (unpaired) electrons. The van der Waals surface area contributed by atoms with Gasteiger partial charge in [0.05, 0.1) is 18.3 Å². The van der Waals surface area contributed by atoms with E-state index in [9.17, 15) is 0 Å². The van der Waals surface area contributed by atoms with Crippen molar-refractivity contribution in [1.29, 1.82) is 0 Å². The van der Waals surface area contributed by atoms with Gasteiger partial charge in [-0.3, -0.25) is 0 Å². The molecule has 2 aliphatic carbocycles. The average molecular weight is 310 g/mol. The lowest BCUT2D eigenvalue weighted by atomic mass is 9.72. The molecule has 3 fully saturated rings. The summed E-state index contributed by atoms with van der Waals surface area (Å²) in [4.78, 5) is 0. The van der Waals surface area contributed by atoms with E-state index in [-0.39, 0.29) is 0 Å². The zero-order chi connectivity index (χ0) is 15.4. The molecule has 0 spiro atoms. The van der Waals surface area contributed by atoms with Crippen LogP contribution in [0.5, 0.6) is 0 Å². The summed E-state index contributed by atoms with van der Waals surface area (Å²) in [6, 6.07) is 0. The van der Waals surface area contributed by atoms with E-state index >= 15 is 0 Å². The molecule has 1 saturated heterocycles. The largest absolute Gasteiger partial charge is 0.381 e. The van der Waals surface area contributed by atoms with Gasteiger partial charge >= 0.3 is 0 Å². The van der Waals surface area contributed by atoms with E-state index in [1.165, 1.54) is 64.2 Å². The smallest absolute Gasteiger partial charge is 0.0606 e. The fourth-order valence-electron chi connectivity index (χ4n) is 5.10. The molecule has 128 valence electrons. The zero-order valence-corrected chi connectivity index (χ0v) is 14.5. The van der Waals surface area contributed by atoms with Gasteiger partial charge in [0, 0.05) is 20.8 Å². The third-order valence-electron chi connectivity index (χ3n) is 6.65. The minimum Gasteiger partial charge on any atom is -0.381 e. The van der Waals surface area contributed by atoms with Crippen molar-refractivity contribution in [2.75, 3.05) is 20.8 Å². The molecule has 3 heteroatoms. The van der Waals surface area contributed by atoms with E-state index in [2.05, 4.69) is 0 Å². The summed E-state index contributed by atoms with van der Waals surface area (Å²) < 4.78 is 17.2. The van der Waals surface area contributed by atoms with E-state index in [1.807, 2.05) is 14.2 Å². The van der Waals surface area contributed by atoms with Crippen LogP contribution in [-0.2, 0) is 14.2 Å². The highest BCUT2D eigenvalue weighted by molar-refractivity contribution is 4.86. The maximum absolute atomic E-state index is 6.18. The maximum atomic E-state index is 6.18. The zero-order valence-electron chi connectivity index (χ0n) is 14.5. The lowest BCUT2D eigenvalue weighted by Gasteiger charge is -2.41. The van der Waals surface area contributed by atoms with Crippen LogP contribution < -0.4 is 0 Å². The second kappa shape index (κ2) is 8.12. The Labute approximate surface area is 136 Å². The lowest BCUT2D eigenvalue weighted by Crippen LogP contribution is -2.38. The Hall–Kier alpha value is -0.120. The molecule has 3 nitrogen and oxygen atoms in total. The van der Waals surface area contributed by atoms with Gasteiger partial charge in [0.25, 0.3) is 0 Å². The highest BCUT2D eigenvalue weighted by atomic mass is 16.5. The third-order valence-corrected chi connectivity index (χ3v) is 6.65. The van der Waals surface area contributed by atoms with E-state index in [4.69, 9.17) is 14.2 Å². The van der Waals surface area contributed by atoms with Crippen LogP contribution in [0.25, 0.3) is 0 Å². The van der Waals surface area contributed by atoms with Crippen LogP contribution in [0.15, 0.2) is 0 Å². The normalized spacial score (nSPS) is 43.9. The highest BCUT2D eigenvalue weighted by Crippen LogP contribution is 2.41. The van der Waals surface area contributed by atoms with Crippen molar-refractivity contribution in [3.8, 4) is 0 Å². The van der Waals surface area contributed by atoms with Gasteiger partial charge in [0.15, 0.2) is 0 Å². The fourth-order valence-corrected chi connectivity index (χ4v) is 5.10. The highest BCUT2D eigenvalue weighted by Gasteiger charge is 2.36. The first-order valence-corrected chi connectivity index (χ1v) is 9.47. The first-order chi connectivity index (χ1) is 10.8. The molecule has 0 amide bonds. The SMILES string of the molecule is COC1CCC(C2CCOC(C3CCC(OC)CC3)C2)CC1. The molecular weight excluding hydrogens is 276 g/mol. The van der Waals surface area contributed by atoms with Crippen LogP contribution in [0.4, 0.5) is 0 Å². The van der Waals surface area contributed by atoms with Crippen molar-refractivity contribution in [1.82, 2.24) is 0 Å². The molecule has 0 bridgehead atoms. The third kappa shape index (κ3) is 4.04. The predicted octanol–water partition coefficient (Wildman–Crippen LogP) is 4.19. The van der Waals surface area contributed by atoms with Crippen LogP contribution in [-0.4, -0.2) is 39.1 Å². The summed E-state index contributed by atoms with van der Waals surface area (Å²) in [7, 11) is 3.72. The molecule has 2 unspecified atom stereocenters. The van der Waals surface area contributed by atoms with Gasteiger partial charge in [-0.15, -0.1) is 0 Å². The van der Waals surface area contributed by atoms with Crippen LogP contribution in [0, 0.1) is 17.8 Å². The average Bonchev–Trinajstić information content (AvgIpc) is 2.62. The monoisotopic (exact) mass is 310 g/mol. The molecule has 0 aromatic rings. The fraction of sp³-hybridized carbons (Fsp3) is 1.00. The van der Waals surface area contributed by atoms with Crippen molar-refractivity contribution >= 4 is 0 Å². The first-order valence-electron chi connectivity index (χ1n) is 9.47. The summed E-state index contributed by atoms with van der Waals surface area (Å²) in [6.45, 7) is 0.990. The van der Waals surface area contributed by atoms with Crippen molar-refractivity contribution in [3.05, 3.63) is 0 Å². The Bertz CT molecular complexity index is 287. The van der Waals surface area contributed by atoms with Crippen LogP contribution in [0.1, 0.15) is 64.2 Å². The van der Waals surface area contributed by atoms with Crippen LogP contribution >= 0.6 is 0 Å². The molecule has 2 saturated carbocycles. The molecule has 1 heterocycles. The Morgan fingerprint density at radius 1 is 0.636 bits per heavy atom. The van der Waals surface area contributed by atoms with Gasteiger partial charge in [-0.1, -0.05) is 0 Å². The number of methoxy groups -OCH3 is 2. The van der Waals surface area contributed by atoms with Crippen molar-refractivity contribution in [3.63, 3.8) is 0 Å². The second-order valence-electron chi connectivity index (χ2n) is 7.74. The molecule has 22 heavy (non-hydrogen) atoms. The standard InChI is InChI=1S/C19H34O3/c1-20-17-7-3-14(4-8-17)16-11-12-22-19(13-16)15-5-9-18(21-2)10-6-15/h14-19H,3-13H2,1-2H3.